The number of hydrogen-bond acceptors (Lipinski definition) is 4. The second-order valence-corrected chi connectivity index (χ2v) is 7.50. The molecule has 6 nitrogen and oxygen atoms in total. The zero-order valence-corrected chi connectivity index (χ0v) is 12.4. The molecular formula is C16H20N2O4. The highest BCUT2D eigenvalue weighted by Crippen LogP contribution is 2.59. The zero-order chi connectivity index (χ0) is 15.3. The van der Waals surface area contributed by atoms with E-state index in [1.165, 1.54) is 50.7 Å². The molecule has 4 fully saturated rings. The van der Waals surface area contributed by atoms with E-state index in [2.05, 4.69) is 5.32 Å². The van der Waals surface area contributed by atoms with Gasteiger partial charge in [0.1, 0.15) is 4.92 Å². The van der Waals surface area contributed by atoms with Crippen molar-refractivity contribution in [3.8, 4) is 0 Å². The molecule has 0 unspecified atom stereocenters. The number of carbonyl (C=O) groups is 1. The Morgan fingerprint density at radius 1 is 1.23 bits per heavy atom. The molecule has 0 atom stereocenters. The molecule has 0 saturated heterocycles. The summed E-state index contributed by atoms with van der Waals surface area (Å²) in [6, 6.07) is 2.59. The van der Waals surface area contributed by atoms with E-state index in [1.54, 1.807) is 0 Å². The average Bonchev–Trinajstić information content (AvgIpc) is 2.93. The second kappa shape index (κ2) is 4.83. The summed E-state index contributed by atoms with van der Waals surface area (Å²) in [4.78, 5) is 22.1. The molecule has 6 heteroatoms. The van der Waals surface area contributed by atoms with Crippen LogP contribution in [0, 0.1) is 33.3 Å². The lowest BCUT2D eigenvalue weighted by atomic mass is 9.49. The minimum Gasteiger partial charge on any atom is -0.395 e. The summed E-state index contributed by atoms with van der Waals surface area (Å²) in [6.45, 7) is 0.670. The van der Waals surface area contributed by atoms with Crippen LogP contribution in [-0.4, -0.2) is 17.4 Å². The van der Waals surface area contributed by atoms with E-state index in [9.17, 15) is 14.9 Å². The lowest BCUT2D eigenvalue weighted by Crippen LogP contribution is -2.51. The van der Waals surface area contributed by atoms with E-state index >= 15 is 0 Å². The van der Waals surface area contributed by atoms with Gasteiger partial charge in [-0.2, -0.15) is 0 Å². The number of hydrogen-bond donors (Lipinski definition) is 1. The van der Waals surface area contributed by atoms with Gasteiger partial charge in [-0.25, -0.2) is 0 Å². The Kier molecular flexibility index (Phi) is 3.03. The van der Waals surface area contributed by atoms with Gasteiger partial charge in [0.25, 0.3) is 5.91 Å². The first-order valence-electron chi connectivity index (χ1n) is 8.05. The highest BCUT2D eigenvalue weighted by molar-refractivity contribution is 5.91. The predicted octanol–water partition coefficient (Wildman–Crippen LogP) is 3.13. The highest BCUT2D eigenvalue weighted by atomic mass is 16.6. The van der Waals surface area contributed by atoms with Gasteiger partial charge < -0.3 is 9.73 Å². The maximum absolute atomic E-state index is 12.1. The molecule has 4 aliphatic carbocycles. The van der Waals surface area contributed by atoms with Crippen molar-refractivity contribution in [1.82, 2.24) is 5.32 Å². The Hall–Kier alpha value is -1.85. The van der Waals surface area contributed by atoms with E-state index < -0.39 is 4.92 Å². The molecule has 4 saturated carbocycles. The SMILES string of the molecule is O=C(NCC12CC3CC(CC(C3)C1)C2)c1ccc([N+](=O)[O-])o1. The van der Waals surface area contributed by atoms with Crippen molar-refractivity contribution in [2.45, 2.75) is 38.5 Å². The summed E-state index contributed by atoms with van der Waals surface area (Å²) < 4.78 is 4.97. The summed E-state index contributed by atoms with van der Waals surface area (Å²) in [5, 5.41) is 13.6. The zero-order valence-electron chi connectivity index (χ0n) is 12.4. The Morgan fingerprint density at radius 2 is 1.82 bits per heavy atom. The molecule has 4 bridgehead atoms. The Balaban J connectivity index is 1.41. The average molecular weight is 304 g/mol. The smallest absolute Gasteiger partial charge is 0.395 e. The minimum atomic E-state index is -0.629. The van der Waals surface area contributed by atoms with Crippen LogP contribution in [0.15, 0.2) is 16.5 Å². The van der Waals surface area contributed by atoms with Crippen molar-refractivity contribution in [3.63, 3.8) is 0 Å². The first-order valence-corrected chi connectivity index (χ1v) is 8.05. The van der Waals surface area contributed by atoms with E-state index in [0.717, 1.165) is 17.8 Å². The van der Waals surface area contributed by atoms with Gasteiger partial charge >= 0.3 is 5.88 Å². The van der Waals surface area contributed by atoms with Gasteiger partial charge in [-0.05, 0) is 67.8 Å². The van der Waals surface area contributed by atoms with Gasteiger partial charge in [0.2, 0.25) is 0 Å². The summed E-state index contributed by atoms with van der Waals surface area (Å²) in [5.41, 5.74) is 0.253. The van der Waals surface area contributed by atoms with Gasteiger partial charge in [-0.15, -0.1) is 0 Å². The van der Waals surface area contributed by atoms with Crippen LogP contribution >= 0.6 is 0 Å². The number of nitrogens with one attached hydrogen (secondary N) is 1. The van der Waals surface area contributed by atoms with Gasteiger partial charge in [0.05, 0.1) is 6.07 Å². The normalized spacial score (nSPS) is 35.5. The second-order valence-electron chi connectivity index (χ2n) is 7.50. The topological polar surface area (TPSA) is 85.4 Å². The highest BCUT2D eigenvalue weighted by Gasteiger charge is 2.50. The van der Waals surface area contributed by atoms with Gasteiger partial charge in [-0.3, -0.25) is 14.9 Å². The van der Waals surface area contributed by atoms with Crippen LogP contribution in [0.5, 0.6) is 0 Å². The first kappa shape index (κ1) is 13.8. The summed E-state index contributed by atoms with van der Waals surface area (Å²) >= 11 is 0. The quantitative estimate of drug-likeness (QED) is 0.684. The van der Waals surface area contributed by atoms with Crippen molar-refractivity contribution in [1.29, 1.82) is 0 Å². The number of carbonyl (C=O) groups excluding carboxylic acids is 1. The Morgan fingerprint density at radius 3 is 2.32 bits per heavy atom. The number of nitro groups is 1. The number of rotatable bonds is 4. The van der Waals surface area contributed by atoms with E-state index in [1.807, 2.05) is 0 Å². The van der Waals surface area contributed by atoms with Crippen LogP contribution in [0.1, 0.15) is 49.1 Å². The van der Waals surface area contributed by atoms with Crippen LogP contribution in [0.3, 0.4) is 0 Å². The lowest BCUT2D eigenvalue weighted by molar-refractivity contribution is -0.402. The van der Waals surface area contributed by atoms with Crippen molar-refractivity contribution in [2.75, 3.05) is 6.54 Å². The third-order valence-electron chi connectivity index (χ3n) is 5.78. The molecule has 1 N–H and O–H groups in total. The minimum absolute atomic E-state index is 0.0245. The first-order chi connectivity index (χ1) is 10.5. The molecule has 1 aromatic rings. The maximum atomic E-state index is 12.1. The van der Waals surface area contributed by atoms with Crippen molar-refractivity contribution < 1.29 is 14.1 Å². The van der Waals surface area contributed by atoms with Crippen molar-refractivity contribution in [2.24, 2.45) is 23.2 Å². The predicted molar refractivity (Wildman–Crippen MR) is 78.3 cm³/mol. The summed E-state index contributed by atoms with van der Waals surface area (Å²) in [6.07, 6.45) is 7.78. The molecule has 0 spiro atoms. The number of amides is 1. The third-order valence-corrected chi connectivity index (χ3v) is 5.78. The Bertz CT molecular complexity index is 586. The summed E-state index contributed by atoms with van der Waals surface area (Å²) in [5.74, 6) is 1.81. The number of nitrogens with zero attached hydrogens (tertiary/aromatic N) is 1. The summed E-state index contributed by atoms with van der Waals surface area (Å²) in [7, 11) is 0. The fourth-order valence-corrected chi connectivity index (χ4v) is 5.41. The molecule has 1 aromatic heterocycles. The molecule has 1 amide bonds. The molecule has 4 aliphatic rings. The van der Waals surface area contributed by atoms with E-state index in [4.69, 9.17) is 4.42 Å². The molecular weight excluding hydrogens is 284 g/mol. The van der Waals surface area contributed by atoms with E-state index in [0.29, 0.717) is 6.54 Å². The largest absolute Gasteiger partial charge is 0.433 e. The van der Waals surface area contributed by atoms with Crippen LogP contribution in [0.25, 0.3) is 0 Å². The van der Waals surface area contributed by atoms with Crippen molar-refractivity contribution in [3.05, 3.63) is 28.0 Å². The molecule has 0 radical (unpaired) electrons. The maximum Gasteiger partial charge on any atom is 0.433 e. The molecule has 118 valence electrons. The van der Waals surface area contributed by atoms with Gasteiger partial charge in [0, 0.05) is 6.54 Å². The molecule has 0 aliphatic heterocycles. The lowest BCUT2D eigenvalue weighted by Gasteiger charge is -2.56. The van der Waals surface area contributed by atoms with E-state index in [-0.39, 0.29) is 23.0 Å². The van der Waals surface area contributed by atoms with Crippen molar-refractivity contribution >= 4 is 11.8 Å². The van der Waals surface area contributed by atoms with Gasteiger partial charge in [0.15, 0.2) is 5.76 Å². The molecule has 22 heavy (non-hydrogen) atoms. The molecule has 5 rings (SSSR count). The molecule has 0 aromatic carbocycles. The fraction of sp³-hybridized carbons (Fsp3) is 0.688. The van der Waals surface area contributed by atoms with Gasteiger partial charge in [-0.1, -0.05) is 0 Å². The van der Waals surface area contributed by atoms with Crippen LogP contribution in [0.2, 0.25) is 0 Å². The third kappa shape index (κ3) is 2.30. The monoisotopic (exact) mass is 304 g/mol. The van der Waals surface area contributed by atoms with Crippen LogP contribution in [-0.2, 0) is 0 Å². The fourth-order valence-electron chi connectivity index (χ4n) is 5.41. The molecule has 1 heterocycles. The standard InChI is InChI=1S/C16H20N2O4/c19-15(13-1-2-14(22-13)18(20)21)17-9-16-6-10-3-11(7-16)5-12(4-10)8-16/h1-2,10-12H,3-9H2,(H,17,19). The van der Waals surface area contributed by atoms with Crippen LogP contribution in [0.4, 0.5) is 5.88 Å². The number of furan rings is 1. The van der Waals surface area contributed by atoms with Crippen LogP contribution < -0.4 is 5.32 Å². The Labute approximate surface area is 128 Å².